The first-order valence-corrected chi connectivity index (χ1v) is 9.20. The summed E-state index contributed by atoms with van der Waals surface area (Å²) in [5.74, 6) is -0.745. The minimum Gasteiger partial charge on any atom is -0.462 e. The van der Waals surface area contributed by atoms with Crippen LogP contribution in [-0.4, -0.2) is 38.1 Å². The van der Waals surface area contributed by atoms with Gasteiger partial charge in [-0.25, -0.2) is 18.2 Å². The number of nitrogens with zero attached hydrogens (tertiary/aromatic N) is 1. The molecule has 2 N–H and O–H groups in total. The zero-order chi connectivity index (χ0) is 18.4. The van der Waals surface area contributed by atoms with Gasteiger partial charge in [-0.3, -0.25) is 9.52 Å². The van der Waals surface area contributed by atoms with E-state index in [0.717, 1.165) is 6.26 Å². The second-order valence-electron chi connectivity index (χ2n) is 5.06. The predicted octanol–water partition coefficient (Wildman–Crippen LogP) is 1.88. The standard InChI is InChI=1S/C16H17N3O5S/c1-3-24-16(21)12-8-9-17-14(10-12)18-15(20)11-4-6-13(7-5-11)19-25(2,22)23/h4-10,19H,3H2,1-2H3,(H,17,18,20). The van der Waals surface area contributed by atoms with Crippen LogP contribution in [0.4, 0.5) is 11.5 Å². The van der Waals surface area contributed by atoms with E-state index in [1.54, 1.807) is 6.92 Å². The molecule has 132 valence electrons. The van der Waals surface area contributed by atoms with Gasteiger partial charge in [0.15, 0.2) is 0 Å². The number of rotatable bonds is 6. The van der Waals surface area contributed by atoms with Gasteiger partial charge in [0.05, 0.1) is 18.4 Å². The van der Waals surface area contributed by atoms with Crippen molar-refractivity contribution in [3.8, 4) is 0 Å². The van der Waals surface area contributed by atoms with Gasteiger partial charge in [0, 0.05) is 17.4 Å². The Bertz CT molecular complexity index is 879. The van der Waals surface area contributed by atoms with Crippen molar-refractivity contribution in [3.63, 3.8) is 0 Å². The van der Waals surface area contributed by atoms with Gasteiger partial charge in [-0.15, -0.1) is 0 Å². The largest absolute Gasteiger partial charge is 0.462 e. The molecule has 0 atom stereocenters. The van der Waals surface area contributed by atoms with E-state index >= 15 is 0 Å². The summed E-state index contributed by atoms with van der Waals surface area (Å²) in [4.78, 5) is 27.9. The summed E-state index contributed by atoms with van der Waals surface area (Å²) in [6.07, 6.45) is 2.43. The van der Waals surface area contributed by atoms with Crippen LogP contribution in [0.25, 0.3) is 0 Å². The van der Waals surface area contributed by atoms with Crippen molar-refractivity contribution < 1.29 is 22.7 Å². The van der Waals surface area contributed by atoms with E-state index in [9.17, 15) is 18.0 Å². The molecule has 0 saturated carbocycles. The van der Waals surface area contributed by atoms with Crippen LogP contribution in [0.2, 0.25) is 0 Å². The topological polar surface area (TPSA) is 114 Å². The van der Waals surface area contributed by atoms with Crippen molar-refractivity contribution >= 4 is 33.4 Å². The second-order valence-corrected chi connectivity index (χ2v) is 6.80. The van der Waals surface area contributed by atoms with E-state index in [1.165, 1.54) is 42.6 Å². The summed E-state index contributed by atoms with van der Waals surface area (Å²) in [7, 11) is -3.38. The molecule has 0 spiro atoms. The maximum Gasteiger partial charge on any atom is 0.338 e. The third-order valence-corrected chi connectivity index (χ3v) is 3.57. The SMILES string of the molecule is CCOC(=O)c1ccnc(NC(=O)c2ccc(NS(C)(=O)=O)cc2)c1. The smallest absolute Gasteiger partial charge is 0.338 e. The first kappa shape index (κ1) is 18.4. The predicted molar refractivity (Wildman–Crippen MR) is 93.1 cm³/mol. The van der Waals surface area contributed by atoms with Crippen LogP contribution >= 0.6 is 0 Å². The highest BCUT2D eigenvalue weighted by atomic mass is 32.2. The lowest BCUT2D eigenvalue weighted by Gasteiger charge is -2.08. The van der Waals surface area contributed by atoms with Crippen molar-refractivity contribution in [2.75, 3.05) is 22.9 Å². The van der Waals surface area contributed by atoms with Crippen LogP contribution in [0.1, 0.15) is 27.6 Å². The summed E-state index contributed by atoms with van der Waals surface area (Å²) in [5.41, 5.74) is 0.934. The fourth-order valence-corrected chi connectivity index (χ4v) is 2.50. The lowest BCUT2D eigenvalue weighted by atomic mass is 10.2. The van der Waals surface area contributed by atoms with Crippen LogP contribution in [-0.2, 0) is 14.8 Å². The van der Waals surface area contributed by atoms with Crippen LogP contribution in [0.5, 0.6) is 0 Å². The highest BCUT2D eigenvalue weighted by molar-refractivity contribution is 7.92. The van der Waals surface area contributed by atoms with Crippen LogP contribution < -0.4 is 10.0 Å². The number of aromatic nitrogens is 1. The Hall–Kier alpha value is -2.94. The fourth-order valence-electron chi connectivity index (χ4n) is 1.93. The van der Waals surface area contributed by atoms with Gasteiger partial charge in [0.1, 0.15) is 5.82 Å². The molecule has 2 aromatic rings. The molecule has 1 aromatic carbocycles. The summed E-state index contributed by atoms with van der Waals surface area (Å²) >= 11 is 0. The third kappa shape index (κ3) is 5.57. The van der Waals surface area contributed by atoms with Crippen molar-refractivity contribution in [3.05, 3.63) is 53.7 Å². The van der Waals surface area contributed by atoms with Gasteiger partial charge in [-0.2, -0.15) is 0 Å². The van der Waals surface area contributed by atoms with Crippen molar-refractivity contribution in [2.45, 2.75) is 6.92 Å². The maximum atomic E-state index is 12.2. The Morgan fingerprint density at radius 1 is 1.12 bits per heavy atom. The molecule has 0 aliphatic heterocycles. The molecule has 0 unspecified atom stereocenters. The average molecular weight is 363 g/mol. The van der Waals surface area contributed by atoms with Crippen molar-refractivity contribution in [1.29, 1.82) is 0 Å². The molecule has 0 bridgehead atoms. The second kappa shape index (κ2) is 7.75. The molecule has 25 heavy (non-hydrogen) atoms. The number of ether oxygens (including phenoxy) is 1. The molecule has 2 rings (SSSR count). The number of benzene rings is 1. The maximum absolute atomic E-state index is 12.2. The summed E-state index contributed by atoms with van der Waals surface area (Å²) in [6.45, 7) is 1.95. The molecule has 1 heterocycles. The van der Waals surface area contributed by atoms with Crippen molar-refractivity contribution in [2.24, 2.45) is 0 Å². The van der Waals surface area contributed by atoms with Gasteiger partial charge in [0.2, 0.25) is 10.0 Å². The Balaban J connectivity index is 2.09. The van der Waals surface area contributed by atoms with Crippen LogP contribution in [0.15, 0.2) is 42.6 Å². The first-order chi connectivity index (χ1) is 11.8. The molecule has 8 nitrogen and oxygen atoms in total. The molecular weight excluding hydrogens is 346 g/mol. The summed E-state index contributed by atoms with van der Waals surface area (Å²) < 4.78 is 29.5. The van der Waals surface area contributed by atoms with E-state index in [1.807, 2.05) is 0 Å². The number of amides is 1. The third-order valence-electron chi connectivity index (χ3n) is 2.96. The Kier molecular flexibility index (Phi) is 5.71. The molecule has 0 saturated heterocycles. The summed E-state index contributed by atoms with van der Waals surface area (Å²) in [5, 5.41) is 2.57. The molecule has 0 fully saturated rings. The number of carbonyl (C=O) groups excluding carboxylic acids is 2. The normalized spacial score (nSPS) is 10.8. The highest BCUT2D eigenvalue weighted by Crippen LogP contribution is 2.13. The quantitative estimate of drug-likeness (QED) is 0.758. The van der Waals surface area contributed by atoms with E-state index in [4.69, 9.17) is 4.74 Å². The Morgan fingerprint density at radius 3 is 2.40 bits per heavy atom. The number of pyridine rings is 1. The Morgan fingerprint density at radius 2 is 1.80 bits per heavy atom. The number of sulfonamides is 1. The number of nitrogens with one attached hydrogen (secondary N) is 2. The number of esters is 1. The molecule has 0 radical (unpaired) electrons. The van der Waals surface area contributed by atoms with Crippen LogP contribution in [0, 0.1) is 0 Å². The minimum absolute atomic E-state index is 0.203. The zero-order valence-corrected chi connectivity index (χ0v) is 14.5. The van der Waals surface area contributed by atoms with Crippen molar-refractivity contribution in [1.82, 2.24) is 4.98 Å². The molecule has 0 aliphatic rings. The van der Waals surface area contributed by atoms with E-state index in [2.05, 4.69) is 15.0 Å². The van der Waals surface area contributed by atoms with E-state index in [0.29, 0.717) is 11.3 Å². The highest BCUT2D eigenvalue weighted by Gasteiger charge is 2.11. The van der Waals surface area contributed by atoms with Gasteiger partial charge >= 0.3 is 5.97 Å². The number of hydrogen-bond donors (Lipinski definition) is 2. The number of hydrogen-bond acceptors (Lipinski definition) is 6. The Labute approximate surface area is 145 Å². The molecule has 9 heteroatoms. The zero-order valence-electron chi connectivity index (χ0n) is 13.6. The van der Waals surface area contributed by atoms with Gasteiger partial charge in [0.25, 0.3) is 5.91 Å². The monoisotopic (exact) mass is 363 g/mol. The molecule has 1 amide bonds. The minimum atomic E-state index is -3.38. The number of anilines is 2. The molecular formula is C16H17N3O5S. The van der Waals surface area contributed by atoms with Gasteiger partial charge in [-0.05, 0) is 43.3 Å². The lowest BCUT2D eigenvalue weighted by molar-refractivity contribution is 0.0526. The van der Waals surface area contributed by atoms with Gasteiger partial charge < -0.3 is 10.1 Å². The van der Waals surface area contributed by atoms with Gasteiger partial charge in [-0.1, -0.05) is 0 Å². The van der Waals surface area contributed by atoms with Crippen LogP contribution in [0.3, 0.4) is 0 Å². The average Bonchev–Trinajstić information content (AvgIpc) is 2.54. The fraction of sp³-hybridized carbons (Fsp3) is 0.188. The first-order valence-electron chi connectivity index (χ1n) is 7.31. The van der Waals surface area contributed by atoms with E-state index in [-0.39, 0.29) is 18.0 Å². The van der Waals surface area contributed by atoms with E-state index < -0.39 is 21.9 Å². The number of carbonyl (C=O) groups is 2. The molecule has 0 aliphatic carbocycles. The molecule has 1 aromatic heterocycles. The summed E-state index contributed by atoms with van der Waals surface area (Å²) in [6, 6.07) is 8.78. The lowest BCUT2D eigenvalue weighted by Crippen LogP contribution is -2.14.